The van der Waals surface area contributed by atoms with Crippen LogP contribution >= 0.6 is 11.6 Å². The van der Waals surface area contributed by atoms with Crippen LogP contribution in [-0.2, 0) is 0 Å². The number of methoxy groups -OCH3 is 1. The number of carbonyl (C=O) groups is 1. The van der Waals surface area contributed by atoms with E-state index in [2.05, 4.69) is 10.5 Å². The smallest absolute Gasteiger partial charge is 0.275 e. The molecule has 3 rings (SSSR count). The van der Waals surface area contributed by atoms with Gasteiger partial charge in [-0.05, 0) is 42.8 Å². The summed E-state index contributed by atoms with van der Waals surface area (Å²) in [5.74, 6) is 1.30. The third kappa shape index (κ3) is 3.95. The molecule has 0 aliphatic rings. The lowest BCUT2D eigenvalue weighted by atomic mass is 10.1. The Labute approximate surface area is 156 Å². The van der Waals surface area contributed by atoms with Gasteiger partial charge in [-0.1, -0.05) is 35.9 Å². The van der Waals surface area contributed by atoms with Crippen molar-refractivity contribution < 1.29 is 13.9 Å². The number of amides is 1. The molecule has 6 heteroatoms. The number of aryl methyl sites for hydroxylation is 1. The van der Waals surface area contributed by atoms with Crippen LogP contribution in [0.3, 0.4) is 0 Å². The van der Waals surface area contributed by atoms with Crippen LogP contribution in [-0.4, -0.2) is 19.2 Å². The van der Waals surface area contributed by atoms with E-state index in [1.165, 1.54) is 13.3 Å². The number of hydrogen-bond acceptors (Lipinski definition) is 4. The van der Waals surface area contributed by atoms with E-state index in [9.17, 15) is 4.79 Å². The second-order valence-electron chi connectivity index (χ2n) is 5.57. The van der Waals surface area contributed by atoms with E-state index in [1.54, 1.807) is 30.3 Å². The van der Waals surface area contributed by atoms with Crippen LogP contribution in [0.25, 0.3) is 11.3 Å². The number of benzene rings is 2. The molecule has 0 spiro atoms. The van der Waals surface area contributed by atoms with Crippen molar-refractivity contribution >= 4 is 23.7 Å². The Kier molecular flexibility index (Phi) is 5.39. The van der Waals surface area contributed by atoms with Gasteiger partial charge in [0.05, 0.1) is 18.9 Å². The van der Waals surface area contributed by atoms with E-state index in [0.717, 1.165) is 11.1 Å². The largest absolute Gasteiger partial charge is 0.496 e. The summed E-state index contributed by atoms with van der Waals surface area (Å²) in [5, 5.41) is 4.61. The maximum atomic E-state index is 12.2. The number of carbonyl (C=O) groups excluding carboxylic acids is 1. The van der Waals surface area contributed by atoms with E-state index < -0.39 is 0 Å². The predicted octanol–water partition coefficient (Wildman–Crippen LogP) is 4.68. The minimum absolute atomic E-state index is 0.365. The summed E-state index contributed by atoms with van der Waals surface area (Å²) >= 11 is 6.15. The molecule has 132 valence electrons. The lowest BCUT2D eigenvalue weighted by Gasteiger charge is -2.05. The number of halogens is 1. The highest BCUT2D eigenvalue weighted by molar-refractivity contribution is 6.31. The van der Waals surface area contributed by atoms with Gasteiger partial charge in [-0.2, -0.15) is 5.10 Å². The Hall–Kier alpha value is -3.05. The molecule has 0 atom stereocenters. The van der Waals surface area contributed by atoms with Gasteiger partial charge in [-0.25, -0.2) is 5.43 Å². The van der Waals surface area contributed by atoms with E-state index in [0.29, 0.717) is 27.9 Å². The van der Waals surface area contributed by atoms with E-state index in [-0.39, 0.29) is 5.91 Å². The molecule has 1 N–H and O–H groups in total. The summed E-state index contributed by atoms with van der Waals surface area (Å²) < 4.78 is 10.9. The third-order valence-corrected chi connectivity index (χ3v) is 4.20. The molecule has 0 aliphatic heterocycles. The first kappa shape index (κ1) is 17.8. The number of nitrogens with zero attached hydrogens (tertiary/aromatic N) is 1. The molecule has 1 heterocycles. The van der Waals surface area contributed by atoms with Crippen molar-refractivity contribution in [3.8, 4) is 17.1 Å². The van der Waals surface area contributed by atoms with Crippen molar-refractivity contribution in [2.75, 3.05) is 7.11 Å². The Morgan fingerprint density at radius 1 is 1.19 bits per heavy atom. The lowest BCUT2D eigenvalue weighted by Crippen LogP contribution is -2.18. The Morgan fingerprint density at radius 2 is 2.00 bits per heavy atom. The maximum Gasteiger partial charge on any atom is 0.275 e. The zero-order valence-corrected chi connectivity index (χ0v) is 15.1. The second kappa shape index (κ2) is 7.89. The highest BCUT2D eigenvalue weighted by Gasteiger charge is 2.10. The van der Waals surface area contributed by atoms with Gasteiger partial charge >= 0.3 is 0 Å². The van der Waals surface area contributed by atoms with Gasteiger partial charge in [0, 0.05) is 10.6 Å². The van der Waals surface area contributed by atoms with E-state index in [4.69, 9.17) is 20.8 Å². The number of hydrogen-bond donors (Lipinski definition) is 1. The minimum atomic E-state index is -0.365. The number of furan rings is 1. The summed E-state index contributed by atoms with van der Waals surface area (Å²) in [6.45, 7) is 1.94. The van der Waals surface area contributed by atoms with Crippen LogP contribution in [0.4, 0.5) is 0 Å². The molecule has 1 amide bonds. The van der Waals surface area contributed by atoms with Gasteiger partial charge < -0.3 is 9.15 Å². The highest BCUT2D eigenvalue weighted by Crippen LogP contribution is 2.26. The molecule has 0 radical (unpaired) electrons. The SMILES string of the molecule is COc1ccccc1C(=O)N/N=C/c1ccc(-c2ccc(C)c(Cl)c2)o1. The van der Waals surface area contributed by atoms with Gasteiger partial charge in [0.25, 0.3) is 5.91 Å². The van der Waals surface area contributed by atoms with Crippen LogP contribution < -0.4 is 10.2 Å². The molecular formula is C20H17ClN2O3. The molecule has 3 aromatic rings. The average molecular weight is 369 g/mol. The van der Waals surface area contributed by atoms with Crippen molar-refractivity contribution in [2.45, 2.75) is 6.92 Å². The van der Waals surface area contributed by atoms with Crippen LogP contribution in [0, 0.1) is 6.92 Å². The first-order chi connectivity index (χ1) is 12.6. The molecule has 1 aromatic heterocycles. The molecule has 0 aliphatic carbocycles. The molecule has 0 saturated carbocycles. The zero-order chi connectivity index (χ0) is 18.5. The molecule has 5 nitrogen and oxygen atoms in total. The lowest BCUT2D eigenvalue weighted by molar-refractivity contribution is 0.0952. The summed E-state index contributed by atoms with van der Waals surface area (Å²) in [7, 11) is 1.51. The molecule has 2 aromatic carbocycles. The summed E-state index contributed by atoms with van der Waals surface area (Å²) in [4.78, 5) is 12.2. The molecular weight excluding hydrogens is 352 g/mol. The summed E-state index contributed by atoms with van der Waals surface area (Å²) in [5.41, 5.74) is 4.74. The van der Waals surface area contributed by atoms with Crippen molar-refractivity contribution in [1.29, 1.82) is 0 Å². The standard InChI is InChI=1S/C20H17ClN2O3/c1-13-7-8-14(11-17(13)21)18-10-9-15(26-18)12-22-23-20(24)16-5-3-4-6-19(16)25-2/h3-12H,1-2H3,(H,23,24)/b22-12+. The topological polar surface area (TPSA) is 63.8 Å². The number of para-hydroxylation sites is 1. The number of hydrazone groups is 1. The summed E-state index contributed by atoms with van der Waals surface area (Å²) in [6.07, 6.45) is 1.44. The zero-order valence-electron chi connectivity index (χ0n) is 14.3. The first-order valence-electron chi connectivity index (χ1n) is 7.91. The number of rotatable bonds is 5. The maximum absolute atomic E-state index is 12.2. The molecule has 0 unspecified atom stereocenters. The molecule has 0 saturated heterocycles. The molecule has 0 fully saturated rings. The minimum Gasteiger partial charge on any atom is -0.496 e. The quantitative estimate of drug-likeness (QED) is 0.525. The van der Waals surface area contributed by atoms with Crippen LogP contribution in [0.5, 0.6) is 5.75 Å². The second-order valence-corrected chi connectivity index (χ2v) is 5.97. The molecule has 26 heavy (non-hydrogen) atoms. The van der Waals surface area contributed by atoms with Gasteiger partial charge in [-0.15, -0.1) is 0 Å². The normalized spacial score (nSPS) is 10.9. The fourth-order valence-electron chi connectivity index (χ4n) is 2.37. The van der Waals surface area contributed by atoms with Crippen molar-refractivity contribution in [1.82, 2.24) is 5.43 Å². The van der Waals surface area contributed by atoms with Crippen LogP contribution in [0.2, 0.25) is 5.02 Å². The van der Waals surface area contributed by atoms with E-state index >= 15 is 0 Å². The van der Waals surface area contributed by atoms with Crippen LogP contribution in [0.15, 0.2) is 64.1 Å². The Balaban J connectivity index is 1.69. The van der Waals surface area contributed by atoms with Gasteiger partial charge in [-0.3, -0.25) is 4.79 Å². The first-order valence-corrected chi connectivity index (χ1v) is 8.29. The number of ether oxygens (including phenoxy) is 1. The van der Waals surface area contributed by atoms with Crippen molar-refractivity contribution in [3.05, 3.63) is 76.5 Å². The van der Waals surface area contributed by atoms with Gasteiger partial charge in [0.1, 0.15) is 17.3 Å². The van der Waals surface area contributed by atoms with Crippen molar-refractivity contribution in [3.63, 3.8) is 0 Å². The van der Waals surface area contributed by atoms with Gasteiger partial charge in [0.2, 0.25) is 0 Å². The third-order valence-electron chi connectivity index (χ3n) is 3.79. The fraction of sp³-hybridized carbons (Fsp3) is 0.100. The molecule has 0 bridgehead atoms. The predicted molar refractivity (Wildman–Crippen MR) is 102 cm³/mol. The van der Waals surface area contributed by atoms with Gasteiger partial charge in [0.15, 0.2) is 0 Å². The highest BCUT2D eigenvalue weighted by atomic mass is 35.5. The van der Waals surface area contributed by atoms with Crippen LogP contribution in [0.1, 0.15) is 21.7 Å². The Bertz CT molecular complexity index is 963. The summed E-state index contributed by atoms with van der Waals surface area (Å²) in [6, 6.07) is 16.2. The van der Waals surface area contributed by atoms with E-state index in [1.807, 2.05) is 31.2 Å². The Morgan fingerprint density at radius 3 is 2.77 bits per heavy atom. The van der Waals surface area contributed by atoms with Crippen molar-refractivity contribution in [2.24, 2.45) is 5.10 Å². The monoisotopic (exact) mass is 368 g/mol. The number of nitrogens with one attached hydrogen (secondary N) is 1. The average Bonchev–Trinajstić information content (AvgIpc) is 3.12. The fourth-order valence-corrected chi connectivity index (χ4v) is 2.55.